The third-order valence-electron chi connectivity index (χ3n) is 5.87. The molecular formula is C24H33N7O3. The summed E-state index contributed by atoms with van der Waals surface area (Å²) < 4.78 is 5.24. The van der Waals surface area contributed by atoms with E-state index < -0.39 is 12.0 Å². The molecule has 1 aliphatic heterocycles. The molecule has 1 atom stereocenters. The maximum absolute atomic E-state index is 11.8. The summed E-state index contributed by atoms with van der Waals surface area (Å²) in [6.45, 7) is 3.70. The number of nitriles is 1. The predicted molar refractivity (Wildman–Crippen MR) is 129 cm³/mol. The summed E-state index contributed by atoms with van der Waals surface area (Å²) in [6, 6.07) is 5.37. The zero-order valence-corrected chi connectivity index (χ0v) is 19.7. The number of carboxylic acids is 1. The van der Waals surface area contributed by atoms with Crippen molar-refractivity contribution in [3.8, 4) is 6.07 Å². The van der Waals surface area contributed by atoms with Crippen LogP contribution >= 0.6 is 0 Å². The van der Waals surface area contributed by atoms with Crippen LogP contribution in [-0.2, 0) is 22.4 Å². The normalized spacial score (nSPS) is 13.6. The van der Waals surface area contributed by atoms with Crippen molar-refractivity contribution in [1.29, 1.82) is 5.26 Å². The first-order valence-electron chi connectivity index (χ1n) is 11.7. The summed E-state index contributed by atoms with van der Waals surface area (Å²) in [5.41, 5.74) is 2.48. The van der Waals surface area contributed by atoms with E-state index in [0.29, 0.717) is 19.6 Å². The van der Waals surface area contributed by atoms with E-state index in [-0.39, 0.29) is 11.5 Å². The van der Waals surface area contributed by atoms with Crippen LogP contribution in [0.2, 0.25) is 0 Å². The lowest BCUT2D eigenvalue weighted by Crippen LogP contribution is -2.37. The first kappa shape index (κ1) is 25.3. The molecule has 1 unspecified atom stereocenters. The molecule has 3 rings (SSSR count). The predicted octanol–water partition coefficient (Wildman–Crippen LogP) is 2.33. The highest BCUT2D eigenvalue weighted by Crippen LogP contribution is 2.20. The van der Waals surface area contributed by atoms with Crippen LogP contribution in [0.15, 0.2) is 24.5 Å². The number of ether oxygens (including phenoxy) is 1. The Bertz CT molecular complexity index is 979. The molecule has 0 saturated carbocycles. The van der Waals surface area contributed by atoms with Crippen LogP contribution in [0.4, 0.5) is 11.6 Å². The first-order chi connectivity index (χ1) is 16.6. The Morgan fingerprint density at radius 2 is 2.15 bits per heavy atom. The lowest BCUT2D eigenvalue weighted by molar-refractivity contribution is -0.138. The molecule has 10 nitrogen and oxygen atoms in total. The lowest BCUT2D eigenvalue weighted by Gasteiger charge is -2.24. The van der Waals surface area contributed by atoms with Crippen LogP contribution in [0.1, 0.15) is 42.6 Å². The molecule has 0 spiro atoms. The minimum Gasteiger partial charge on any atom is -0.480 e. The van der Waals surface area contributed by atoms with Gasteiger partial charge in [0.05, 0.1) is 6.61 Å². The van der Waals surface area contributed by atoms with Gasteiger partial charge >= 0.3 is 5.97 Å². The van der Waals surface area contributed by atoms with E-state index >= 15 is 0 Å². The summed E-state index contributed by atoms with van der Waals surface area (Å²) in [7, 11) is 1.66. The molecule has 2 aromatic rings. The molecule has 0 saturated heterocycles. The molecule has 3 heterocycles. The summed E-state index contributed by atoms with van der Waals surface area (Å²) in [6.07, 6.45) is 8.33. The number of unbranched alkanes of at least 4 members (excludes halogenated alkanes) is 1. The Balaban J connectivity index is 1.49. The maximum atomic E-state index is 11.8. The Morgan fingerprint density at radius 3 is 2.94 bits per heavy atom. The average molecular weight is 468 g/mol. The topological polar surface area (TPSA) is 136 Å². The molecule has 2 aromatic heterocycles. The van der Waals surface area contributed by atoms with E-state index in [1.165, 1.54) is 18.0 Å². The van der Waals surface area contributed by atoms with Gasteiger partial charge in [-0.05, 0) is 56.7 Å². The average Bonchev–Trinajstić information content (AvgIpc) is 2.86. The fraction of sp³-hybridized carbons (Fsp3) is 0.542. The molecule has 0 radical (unpaired) electrons. The van der Waals surface area contributed by atoms with Crippen molar-refractivity contribution in [2.24, 2.45) is 0 Å². The monoisotopic (exact) mass is 467 g/mol. The van der Waals surface area contributed by atoms with Gasteiger partial charge < -0.3 is 25.4 Å². The minimum absolute atomic E-state index is 0.0796. The molecule has 0 aromatic carbocycles. The number of fused-ring (bicyclic) bond motifs is 1. The zero-order valence-electron chi connectivity index (χ0n) is 19.7. The second kappa shape index (κ2) is 13.4. The van der Waals surface area contributed by atoms with Crippen LogP contribution in [-0.4, -0.2) is 76.9 Å². The molecule has 0 fully saturated rings. The Kier molecular flexibility index (Phi) is 10.0. The summed E-state index contributed by atoms with van der Waals surface area (Å²) in [5, 5.41) is 25.1. The van der Waals surface area contributed by atoms with E-state index in [1.807, 2.05) is 6.07 Å². The molecule has 10 heteroatoms. The van der Waals surface area contributed by atoms with Crippen molar-refractivity contribution in [3.05, 3.63) is 41.5 Å². The smallest absolute Gasteiger partial charge is 0.326 e. The number of pyridine rings is 1. The number of aromatic nitrogens is 3. The van der Waals surface area contributed by atoms with Gasteiger partial charge in [-0.1, -0.05) is 6.07 Å². The molecule has 3 N–H and O–H groups in total. The number of aliphatic carboxylic acids is 1. The van der Waals surface area contributed by atoms with E-state index in [2.05, 4.69) is 37.6 Å². The standard InChI is InChI=1S/C24H33N7O3/c1-34-16-15-31(13-3-2-6-19-8-7-18-5-4-10-27-22(18)29-19)14-9-20(24(32)33)30-23-21(17-25)26-11-12-28-23/h7-8,11-12,20H,2-6,9-10,13-16H2,1H3,(H,27,29)(H,28,30)(H,32,33). The zero-order chi connectivity index (χ0) is 24.2. The van der Waals surface area contributed by atoms with Crippen molar-refractivity contribution < 1.29 is 14.6 Å². The molecule has 182 valence electrons. The Labute approximate surface area is 200 Å². The van der Waals surface area contributed by atoms with E-state index in [0.717, 1.165) is 63.3 Å². The van der Waals surface area contributed by atoms with Crippen LogP contribution in [0.3, 0.4) is 0 Å². The number of nitrogens with zero attached hydrogens (tertiary/aromatic N) is 5. The number of carbonyl (C=O) groups is 1. The number of methoxy groups -OCH3 is 1. The van der Waals surface area contributed by atoms with Gasteiger partial charge in [0, 0.05) is 44.8 Å². The highest BCUT2D eigenvalue weighted by molar-refractivity contribution is 5.77. The summed E-state index contributed by atoms with van der Waals surface area (Å²) >= 11 is 0. The third kappa shape index (κ3) is 7.64. The van der Waals surface area contributed by atoms with Crippen LogP contribution in [0.5, 0.6) is 0 Å². The number of hydrogen-bond donors (Lipinski definition) is 3. The second-order valence-electron chi connectivity index (χ2n) is 8.32. The second-order valence-corrected chi connectivity index (χ2v) is 8.32. The van der Waals surface area contributed by atoms with Crippen LogP contribution < -0.4 is 10.6 Å². The summed E-state index contributed by atoms with van der Waals surface area (Å²) in [4.78, 5) is 26.8. The van der Waals surface area contributed by atoms with Gasteiger partial charge in [-0.2, -0.15) is 5.26 Å². The van der Waals surface area contributed by atoms with Gasteiger partial charge in [0.25, 0.3) is 0 Å². The lowest BCUT2D eigenvalue weighted by atomic mass is 10.1. The molecule has 0 bridgehead atoms. The van der Waals surface area contributed by atoms with E-state index in [4.69, 9.17) is 9.72 Å². The molecule has 34 heavy (non-hydrogen) atoms. The molecular weight excluding hydrogens is 434 g/mol. The van der Waals surface area contributed by atoms with Gasteiger partial charge in [0.15, 0.2) is 11.5 Å². The summed E-state index contributed by atoms with van der Waals surface area (Å²) in [5.74, 6) is 0.224. The largest absolute Gasteiger partial charge is 0.480 e. The van der Waals surface area contributed by atoms with Crippen molar-refractivity contribution in [2.75, 3.05) is 50.5 Å². The number of hydrogen-bond acceptors (Lipinski definition) is 9. The highest BCUT2D eigenvalue weighted by Gasteiger charge is 2.21. The highest BCUT2D eigenvalue weighted by atomic mass is 16.5. The van der Waals surface area contributed by atoms with Gasteiger partial charge in [0.1, 0.15) is 17.9 Å². The first-order valence-corrected chi connectivity index (χ1v) is 11.7. The molecule has 0 aliphatic carbocycles. The fourth-order valence-corrected chi connectivity index (χ4v) is 3.96. The maximum Gasteiger partial charge on any atom is 0.326 e. The number of aryl methyl sites for hydroxylation is 2. The molecule has 1 aliphatic rings. The van der Waals surface area contributed by atoms with Crippen LogP contribution in [0, 0.1) is 11.3 Å². The van der Waals surface area contributed by atoms with Gasteiger partial charge in [-0.15, -0.1) is 0 Å². The van der Waals surface area contributed by atoms with Crippen LogP contribution in [0.25, 0.3) is 0 Å². The van der Waals surface area contributed by atoms with Gasteiger partial charge in [0.2, 0.25) is 0 Å². The van der Waals surface area contributed by atoms with Gasteiger partial charge in [-0.3, -0.25) is 0 Å². The van der Waals surface area contributed by atoms with Gasteiger partial charge in [-0.25, -0.2) is 19.7 Å². The quantitative estimate of drug-likeness (QED) is 0.355. The van der Waals surface area contributed by atoms with E-state index in [1.54, 1.807) is 7.11 Å². The van der Waals surface area contributed by atoms with E-state index in [9.17, 15) is 15.2 Å². The SMILES string of the molecule is COCCN(CCCCc1ccc2c(n1)NCCC2)CCC(Nc1nccnc1C#N)C(=O)O. The number of nitrogens with one attached hydrogen (secondary N) is 2. The van der Waals surface area contributed by atoms with Crippen molar-refractivity contribution >= 4 is 17.6 Å². The van der Waals surface area contributed by atoms with Crippen molar-refractivity contribution in [3.63, 3.8) is 0 Å². The molecule has 0 amide bonds. The number of carboxylic acid groups (broad SMARTS) is 1. The fourth-order valence-electron chi connectivity index (χ4n) is 3.96. The Hall–Kier alpha value is -3.29. The Morgan fingerprint density at radius 1 is 1.29 bits per heavy atom. The minimum atomic E-state index is -0.992. The third-order valence-corrected chi connectivity index (χ3v) is 5.87. The van der Waals surface area contributed by atoms with Crippen molar-refractivity contribution in [2.45, 2.75) is 44.6 Å². The number of anilines is 2. The number of rotatable bonds is 14. The van der Waals surface area contributed by atoms with Crippen molar-refractivity contribution in [1.82, 2.24) is 19.9 Å².